The second-order valence-electron chi connectivity index (χ2n) is 7.20. The standard InChI is InChI=1S/C25H23FN4OS/c1-17(19-8-4-3-5-9-19)31-23-14-20(26)11-12-22(23)24-27-16-28-25(30-24)29-21-10-6-7-18(13-21)15-32-2/h3-14,16-17H,15H2,1-2H3,(H,27,28,29,30). The van der Waals surface area contributed by atoms with Crippen LogP contribution in [0.4, 0.5) is 16.0 Å². The van der Waals surface area contributed by atoms with Crippen molar-refractivity contribution >= 4 is 23.4 Å². The number of aromatic nitrogens is 3. The summed E-state index contributed by atoms with van der Waals surface area (Å²) in [5.41, 5.74) is 3.68. The first-order valence-corrected chi connectivity index (χ1v) is 11.6. The molecule has 0 aliphatic heterocycles. The van der Waals surface area contributed by atoms with Crippen LogP contribution in [0.5, 0.6) is 5.75 Å². The van der Waals surface area contributed by atoms with Crippen molar-refractivity contribution < 1.29 is 9.13 Å². The summed E-state index contributed by atoms with van der Waals surface area (Å²) in [6.07, 6.45) is 3.24. The molecule has 0 aliphatic carbocycles. The Labute approximate surface area is 191 Å². The van der Waals surface area contributed by atoms with Crippen molar-refractivity contribution in [2.24, 2.45) is 0 Å². The van der Waals surface area contributed by atoms with Gasteiger partial charge in [0, 0.05) is 17.5 Å². The van der Waals surface area contributed by atoms with Crippen LogP contribution in [-0.2, 0) is 5.75 Å². The van der Waals surface area contributed by atoms with Gasteiger partial charge in [-0.05, 0) is 48.6 Å². The van der Waals surface area contributed by atoms with Crippen LogP contribution in [0.3, 0.4) is 0 Å². The second kappa shape index (κ2) is 10.2. The fourth-order valence-electron chi connectivity index (χ4n) is 3.28. The highest BCUT2D eigenvalue weighted by atomic mass is 32.2. The molecule has 0 spiro atoms. The fraction of sp³-hybridized carbons (Fsp3) is 0.160. The molecule has 7 heteroatoms. The third-order valence-electron chi connectivity index (χ3n) is 4.82. The minimum absolute atomic E-state index is 0.268. The van der Waals surface area contributed by atoms with Crippen LogP contribution in [0.1, 0.15) is 24.2 Å². The Hall–Kier alpha value is -3.45. The molecule has 162 valence electrons. The Morgan fingerprint density at radius 2 is 1.84 bits per heavy atom. The first kappa shape index (κ1) is 21.8. The van der Waals surface area contributed by atoms with Crippen LogP contribution in [0, 0.1) is 5.82 Å². The number of thioether (sulfide) groups is 1. The lowest BCUT2D eigenvalue weighted by Crippen LogP contribution is -2.06. The van der Waals surface area contributed by atoms with E-state index in [1.165, 1.54) is 24.0 Å². The van der Waals surface area contributed by atoms with E-state index in [4.69, 9.17) is 4.74 Å². The van der Waals surface area contributed by atoms with Gasteiger partial charge in [-0.15, -0.1) is 0 Å². The molecule has 0 bridgehead atoms. The Morgan fingerprint density at radius 3 is 2.66 bits per heavy atom. The number of benzene rings is 3. The monoisotopic (exact) mass is 446 g/mol. The highest BCUT2D eigenvalue weighted by molar-refractivity contribution is 7.97. The van der Waals surface area contributed by atoms with Gasteiger partial charge in [-0.1, -0.05) is 42.5 Å². The van der Waals surface area contributed by atoms with Crippen LogP contribution in [0.2, 0.25) is 0 Å². The molecule has 0 saturated carbocycles. The lowest BCUT2D eigenvalue weighted by Gasteiger charge is -2.17. The van der Waals surface area contributed by atoms with Crippen molar-refractivity contribution in [2.45, 2.75) is 18.8 Å². The summed E-state index contributed by atoms with van der Waals surface area (Å²) in [7, 11) is 0. The minimum atomic E-state index is -0.387. The van der Waals surface area contributed by atoms with E-state index in [0.29, 0.717) is 23.1 Å². The maximum absolute atomic E-state index is 14.0. The van der Waals surface area contributed by atoms with Gasteiger partial charge in [0.2, 0.25) is 5.95 Å². The molecule has 4 aromatic rings. The van der Waals surface area contributed by atoms with Crippen molar-refractivity contribution in [2.75, 3.05) is 11.6 Å². The first-order valence-electron chi connectivity index (χ1n) is 10.2. The molecule has 0 aliphatic rings. The lowest BCUT2D eigenvalue weighted by molar-refractivity contribution is 0.227. The van der Waals surface area contributed by atoms with Crippen LogP contribution in [0.15, 0.2) is 79.1 Å². The minimum Gasteiger partial charge on any atom is -0.485 e. The van der Waals surface area contributed by atoms with Crippen molar-refractivity contribution in [3.63, 3.8) is 0 Å². The molecule has 5 nitrogen and oxygen atoms in total. The fourth-order valence-corrected chi connectivity index (χ4v) is 3.79. The first-order chi connectivity index (χ1) is 15.6. The van der Waals surface area contributed by atoms with Gasteiger partial charge in [-0.25, -0.2) is 14.4 Å². The zero-order chi connectivity index (χ0) is 22.3. The molecule has 0 amide bonds. The smallest absolute Gasteiger partial charge is 0.230 e. The van der Waals surface area contributed by atoms with Gasteiger partial charge in [-0.2, -0.15) is 16.7 Å². The number of hydrogen-bond acceptors (Lipinski definition) is 6. The summed E-state index contributed by atoms with van der Waals surface area (Å²) < 4.78 is 20.1. The summed E-state index contributed by atoms with van der Waals surface area (Å²) in [5, 5.41) is 3.22. The van der Waals surface area contributed by atoms with E-state index in [1.807, 2.05) is 49.4 Å². The van der Waals surface area contributed by atoms with Gasteiger partial charge < -0.3 is 10.1 Å². The maximum Gasteiger partial charge on any atom is 0.230 e. The summed E-state index contributed by atoms with van der Waals surface area (Å²) in [4.78, 5) is 13.1. The maximum atomic E-state index is 14.0. The third-order valence-corrected chi connectivity index (χ3v) is 5.45. The van der Waals surface area contributed by atoms with Gasteiger partial charge in [-0.3, -0.25) is 0 Å². The predicted octanol–water partition coefficient (Wildman–Crippen LogP) is 6.42. The quantitative estimate of drug-likeness (QED) is 0.337. The molecule has 4 rings (SSSR count). The van der Waals surface area contributed by atoms with Gasteiger partial charge in [0.25, 0.3) is 0 Å². The molecule has 1 N–H and O–H groups in total. The van der Waals surface area contributed by atoms with Crippen LogP contribution in [0.25, 0.3) is 11.4 Å². The molecule has 0 saturated heterocycles. The summed E-state index contributed by atoms with van der Waals surface area (Å²) in [5.74, 6) is 1.72. The Kier molecular flexibility index (Phi) is 6.97. The average molecular weight is 447 g/mol. The van der Waals surface area contributed by atoms with E-state index in [-0.39, 0.29) is 11.9 Å². The molecular formula is C25H23FN4OS. The van der Waals surface area contributed by atoms with Crippen LogP contribution >= 0.6 is 11.8 Å². The molecule has 1 unspecified atom stereocenters. The molecular weight excluding hydrogens is 423 g/mol. The van der Waals surface area contributed by atoms with E-state index in [1.54, 1.807) is 17.8 Å². The largest absolute Gasteiger partial charge is 0.485 e. The SMILES string of the molecule is CSCc1cccc(Nc2ncnc(-c3ccc(F)cc3OC(C)c3ccccc3)n2)c1. The second-order valence-corrected chi connectivity index (χ2v) is 8.07. The number of halogens is 1. The van der Waals surface area contributed by atoms with E-state index in [2.05, 4.69) is 38.7 Å². The number of anilines is 2. The topological polar surface area (TPSA) is 59.9 Å². The summed E-state index contributed by atoms with van der Waals surface area (Å²) in [6.45, 7) is 1.92. The Morgan fingerprint density at radius 1 is 1.00 bits per heavy atom. The molecule has 1 atom stereocenters. The van der Waals surface area contributed by atoms with E-state index < -0.39 is 0 Å². The Balaban J connectivity index is 1.61. The lowest BCUT2D eigenvalue weighted by atomic mass is 10.1. The molecule has 0 radical (unpaired) electrons. The van der Waals surface area contributed by atoms with Crippen molar-refractivity contribution in [1.29, 1.82) is 0 Å². The van der Waals surface area contributed by atoms with E-state index >= 15 is 0 Å². The highest BCUT2D eigenvalue weighted by Crippen LogP contribution is 2.32. The molecule has 32 heavy (non-hydrogen) atoms. The zero-order valence-electron chi connectivity index (χ0n) is 17.8. The van der Waals surface area contributed by atoms with Gasteiger partial charge in [0.05, 0.1) is 5.56 Å². The molecule has 1 aromatic heterocycles. The summed E-state index contributed by atoms with van der Waals surface area (Å²) in [6, 6.07) is 22.2. The predicted molar refractivity (Wildman–Crippen MR) is 128 cm³/mol. The number of rotatable bonds is 8. The van der Waals surface area contributed by atoms with E-state index in [9.17, 15) is 4.39 Å². The van der Waals surface area contributed by atoms with Crippen molar-refractivity contribution in [3.05, 3.63) is 96.1 Å². The van der Waals surface area contributed by atoms with Gasteiger partial charge >= 0.3 is 0 Å². The number of nitrogens with one attached hydrogen (secondary N) is 1. The van der Waals surface area contributed by atoms with Crippen molar-refractivity contribution in [3.8, 4) is 17.1 Å². The van der Waals surface area contributed by atoms with Crippen molar-refractivity contribution in [1.82, 2.24) is 15.0 Å². The summed E-state index contributed by atoms with van der Waals surface area (Å²) >= 11 is 1.76. The molecule has 1 heterocycles. The van der Waals surface area contributed by atoms with E-state index in [0.717, 1.165) is 17.0 Å². The number of ether oxygens (including phenoxy) is 1. The van der Waals surface area contributed by atoms with Gasteiger partial charge in [0.15, 0.2) is 5.82 Å². The molecule has 3 aromatic carbocycles. The molecule has 0 fully saturated rings. The normalized spacial score (nSPS) is 11.7. The third kappa shape index (κ3) is 5.42. The highest BCUT2D eigenvalue weighted by Gasteiger charge is 2.15. The number of hydrogen-bond donors (Lipinski definition) is 1. The Bertz CT molecular complexity index is 1190. The van der Waals surface area contributed by atoms with Gasteiger partial charge in [0.1, 0.15) is 24.0 Å². The average Bonchev–Trinajstić information content (AvgIpc) is 2.80. The zero-order valence-corrected chi connectivity index (χ0v) is 18.6. The van der Waals surface area contributed by atoms with Crippen LogP contribution < -0.4 is 10.1 Å². The number of nitrogens with zero attached hydrogens (tertiary/aromatic N) is 3. The van der Waals surface area contributed by atoms with Crippen LogP contribution in [-0.4, -0.2) is 21.2 Å².